The second-order valence-corrected chi connectivity index (χ2v) is 5.61. The van der Waals surface area contributed by atoms with E-state index in [1.165, 1.54) is 6.08 Å². The quantitative estimate of drug-likeness (QED) is 0.870. The Morgan fingerprint density at radius 1 is 1.25 bits per heavy atom. The molecular weight excluding hydrogens is 297 g/mol. The van der Waals surface area contributed by atoms with Gasteiger partial charge in [0, 0.05) is 42.3 Å². The normalized spacial score (nSPS) is 17.6. The zero-order valence-electron chi connectivity index (χ0n) is 11.3. The molecule has 108 valence electrons. The van der Waals surface area contributed by atoms with Crippen LogP contribution in [0.3, 0.4) is 0 Å². The number of hydrogen-bond donors (Lipinski definition) is 1. The number of hydrazine groups is 1. The van der Waals surface area contributed by atoms with E-state index < -0.39 is 0 Å². The average Bonchev–Trinajstić information content (AvgIpc) is 2.40. The van der Waals surface area contributed by atoms with Gasteiger partial charge in [-0.25, -0.2) is 5.01 Å². The molecule has 1 N–H and O–H groups in total. The minimum atomic E-state index is -0.152. The molecule has 1 aliphatic rings. The van der Waals surface area contributed by atoms with E-state index in [9.17, 15) is 4.79 Å². The number of nitrogens with one attached hydrogen (secondary N) is 1. The summed E-state index contributed by atoms with van der Waals surface area (Å²) in [6.07, 6.45) is 3.16. The Morgan fingerprint density at radius 3 is 2.60 bits per heavy atom. The molecule has 0 atom stereocenters. The van der Waals surface area contributed by atoms with Gasteiger partial charge in [-0.2, -0.15) is 0 Å². The number of amides is 1. The monoisotopic (exact) mass is 313 g/mol. The van der Waals surface area contributed by atoms with Gasteiger partial charge in [0.1, 0.15) is 0 Å². The molecule has 0 bridgehead atoms. The molecule has 0 saturated carbocycles. The summed E-state index contributed by atoms with van der Waals surface area (Å²) < 4.78 is 0. The zero-order chi connectivity index (χ0) is 14.5. The van der Waals surface area contributed by atoms with Gasteiger partial charge < -0.3 is 4.90 Å². The Hall–Kier alpha value is -1.07. The summed E-state index contributed by atoms with van der Waals surface area (Å²) in [6.45, 7) is 3.57. The lowest BCUT2D eigenvalue weighted by molar-refractivity contribution is -0.121. The summed E-state index contributed by atoms with van der Waals surface area (Å²) in [5.41, 5.74) is 3.62. The molecule has 1 heterocycles. The van der Waals surface area contributed by atoms with Crippen molar-refractivity contribution in [3.8, 4) is 0 Å². The molecule has 1 fully saturated rings. The summed E-state index contributed by atoms with van der Waals surface area (Å²) in [5, 5.41) is 3.03. The fraction of sp³-hybridized carbons (Fsp3) is 0.357. The highest BCUT2D eigenvalue weighted by atomic mass is 35.5. The molecule has 1 aliphatic heterocycles. The Labute approximate surface area is 128 Å². The largest absolute Gasteiger partial charge is 0.304 e. The van der Waals surface area contributed by atoms with E-state index in [0.717, 1.165) is 31.7 Å². The van der Waals surface area contributed by atoms with Gasteiger partial charge in [0.25, 0.3) is 5.91 Å². The van der Waals surface area contributed by atoms with Crippen molar-refractivity contribution in [1.82, 2.24) is 15.3 Å². The van der Waals surface area contributed by atoms with Gasteiger partial charge in [-0.3, -0.25) is 10.2 Å². The highest BCUT2D eigenvalue weighted by Crippen LogP contribution is 2.21. The van der Waals surface area contributed by atoms with Gasteiger partial charge in [0.05, 0.1) is 0 Å². The van der Waals surface area contributed by atoms with Crippen LogP contribution in [0.4, 0.5) is 0 Å². The predicted octanol–water partition coefficient (Wildman–Crippen LogP) is 2.29. The van der Waals surface area contributed by atoms with Crippen molar-refractivity contribution >= 4 is 35.2 Å². The number of hydrogen-bond acceptors (Lipinski definition) is 3. The summed E-state index contributed by atoms with van der Waals surface area (Å²) >= 11 is 11.9. The number of rotatable bonds is 3. The number of piperazine rings is 1. The molecule has 1 amide bonds. The van der Waals surface area contributed by atoms with Crippen LogP contribution < -0.4 is 5.43 Å². The number of carbonyl (C=O) groups is 1. The van der Waals surface area contributed by atoms with Crippen LogP contribution in [0.1, 0.15) is 5.56 Å². The first-order chi connectivity index (χ1) is 9.54. The SMILES string of the molecule is CN1CCN(NC(=O)C=Cc2ccc(Cl)cc2Cl)CC1. The molecule has 0 spiro atoms. The average molecular weight is 314 g/mol. The third-order valence-corrected chi connectivity index (χ3v) is 3.71. The maximum absolute atomic E-state index is 11.8. The first kappa shape index (κ1) is 15.3. The summed E-state index contributed by atoms with van der Waals surface area (Å²) in [4.78, 5) is 14.1. The second kappa shape index (κ2) is 7.09. The Kier molecular flexibility index (Phi) is 5.43. The minimum Gasteiger partial charge on any atom is -0.304 e. The molecule has 1 aromatic carbocycles. The first-order valence-electron chi connectivity index (χ1n) is 6.42. The van der Waals surface area contributed by atoms with Crippen LogP contribution in [0.5, 0.6) is 0 Å². The molecule has 4 nitrogen and oxygen atoms in total. The summed E-state index contributed by atoms with van der Waals surface area (Å²) in [7, 11) is 2.07. The smallest absolute Gasteiger partial charge is 0.258 e. The third-order valence-electron chi connectivity index (χ3n) is 3.15. The zero-order valence-corrected chi connectivity index (χ0v) is 12.8. The van der Waals surface area contributed by atoms with Crippen LogP contribution in [0.25, 0.3) is 6.08 Å². The van der Waals surface area contributed by atoms with Gasteiger partial charge in [-0.15, -0.1) is 0 Å². The van der Waals surface area contributed by atoms with E-state index in [-0.39, 0.29) is 5.91 Å². The Morgan fingerprint density at radius 2 is 1.95 bits per heavy atom. The van der Waals surface area contributed by atoms with Crippen molar-refractivity contribution in [1.29, 1.82) is 0 Å². The maximum Gasteiger partial charge on any atom is 0.258 e. The van der Waals surface area contributed by atoms with E-state index >= 15 is 0 Å². The lowest BCUT2D eigenvalue weighted by Gasteiger charge is -2.31. The van der Waals surface area contributed by atoms with Crippen molar-refractivity contribution < 1.29 is 4.79 Å². The second-order valence-electron chi connectivity index (χ2n) is 4.77. The maximum atomic E-state index is 11.8. The van der Waals surface area contributed by atoms with E-state index in [1.807, 2.05) is 5.01 Å². The number of likely N-dealkylation sites (N-methyl/N-ethyl adjacent to an activating group) is 1. The van der Waals surface area contributed by atoms with Crippen molar-refractivity contribution in [3.63, 3.8) is 0 Å². The molecule has 20 heavy (non-hydrogen) atoms. The highest BCUT2D eigenvalue weighted by molar-refractivity contribution is 6.35. The molecule has 0 unspecified atom stereocenters. The molecule has 0 radical (unpaired) electrons. The fourth-order valence-electron chi connectivity index (χ4n) is 1.91. The van der Waals surface area contributed by atoms with Crippen LogP contribution in [-0.2, 0) is 4.79 Å². The molecule has 0 aromatic heterocycles. The lowest BCUT2D eigenvalue weighted by Crippen LogP contribution is -2.52. The topological polar surface area (TPSA) is 35.6 Å². The van der Waals surface area contributed by atoms with E-state index in [1.54, 1.807) is 24.3 Å². The standard InChI is InChI=1S/C14H17Cl2N3O/c1-18-6-8-19(9-7-18)17-14(20)5-3-11-2-4-12(15)10-13(11)16/h2-5,10H,6-9H2,1H3,(H,17,20). The highest BCUT2D eigenvalue weighted by Gasteiger charge is 2.14. The molecular formula is C14H17Cl2N3O. The molecule has 1 saturated heterocycles. The number of halogens is 2. The van der Waals surface area contributed by atoms with E-state index in [4.69, 9.17) is 23.2 Å². The lowest BCUT2D eigenvalue weighted by atomic mass is 10.2. The van der Waals surface area contributed by atoms with Gasteiger partial charge in [0.2, 0.25) is 0 Å². The number of carbonyl (C=O) groups excluding carboxylic acids is 1. The van der Waals surface area contributed by atoms with Gasteiger partial charge in [0.15, 0.2) is 0 Å². The van der Waals surface area contributed by atoms with Gasteiger partial charge in [-0.1, -0.05) is 29.3 Å². The minimum absolute atomic E-state index is 0.152. The Balaban J connectivity index is 1.89. The van der Waals surface area contributed by atoms with Crippen LogP contribution >= 0.6 is 23.2 Å². The third kappa shape index (κ3) is 4.49. The number of benzene rings is 1. The van der Waals surface area contributed by atoms with Crippen molar-refractivity contribution in [3.05, 3.63) is 39.9 Å². The van der Waals surface area contributed by atoms with E-state index in [0.29, 0.717) is 10.0 Å². The van der Waals surface area contributed by atoms with Crippen LogP contribution in [0, 0.1) is 0 Å². The van der Waals surface area contributed by atoms with Crippen molar-refractivity contribution in [2.45, 2.75) is 0 Å². The van der Waals surface area contributed by atoms with Crippen molar-refractivity contribution in [2.24, 2.45) is 0 Å². The molecule has 2 rings (SSSR count). The molecule has 1 aromatic rings. The van der Waals surface area contributed by atoms with E-state index in [2.05, 4.69) is 17.4 Å². The Bertz CT molecular complexity index is 511. The fourth-order valence-corrected chi connectivity index (χ4v) is 2.38. The number of nitrogens with zero attached hydrogens (tertiary/aromatic N) is 2. The summed E-state index contributed by atoms with van der Waals surface area (Å²) in [6, 6.07) is 5.18. The van der Waals surface area contributed by atoms with Gasteiger partial charge >= 0.3 is 0 Å². The van der Waals surface area contributed by atoms with Crippen LogP contribution in [0.2, 0.25) is 10.0 Å². The van der Waals surface area contributed by atoms with Gasteiger partial charge in [-0.05, 0) is 30.8 Å². The molecule has 0 aliphatic carbocycles. The predicted molar refractivity (Wildman–Crippen MR) is 82.7 cm³/mol. The van der Waals surface area contributed by atoms with Crippen LogP contribution in [0.15, 0.2) is 24.3 Å². The van der Waals surface area contributed by atoms with Crippen molar-refractivity contribution in [2.75, 3.05) is 33.2 Å². The van der Waals surface area contributed by atoms with Crippen LogP contribution in [-0.4, -0.2) is 49.0 Å². The summed E-state index contributed by atoms with van der Waals surface area (Å²) in [5.74, 6) is -0.152. The first-order valence-corrected chi connectivity index (χ1v) is 7.17. The molecule has 6 heteroatoms.